The molecule has 0 bridgehead atoms. The van der Waals surface area contributed by atoms with E-state index >= 15 is 0 Å². The lowest BCUT2D eigenvalue weighted by molar-refractivity contribution is -0.0421. The van der Waals surface area contributed by atoms with Crippen LogP contribution in [0.2, 0.25) is 0 Å². The van der Waals surface area contributed by atoms with Gasteiger partial charge in [0.05, 0.1) is 18.8 Å². The van der Waals surface area contributed by atoms with E-state index in [-0.39, 0.29) is 18.8 Å². The van der Waals surface area contributed by atoms with Crippen molar-refractivity contribution in [1.82, 2.24) is 9.36 Å². The highest BCUT2D eigenvalue weighted by molar-refractivity contribution is 7.09. The molecule has 7 heteroatoms. The topological polar surface area (TPSA) is 84.5 Å². The van der Waals surface area contributed by atoms with Gasteiger partial charge in [0.25, 0.3) is 0 Å². The lowest BCUT2D eigenvalue weighted by Gasteiger charge is -2.35. The van der Waals surface area contributed by atoms with E-state index in [1.807, 2.05) is 11.8 Å². The summed E-state index contributed by atoms with van der Waals surface area (Å²) in [5.74, 6) is 0.301. The van der Waals surface area contributed by atoms with Crippen LogP contribution in [0.5, 0.6) is 0 Å². The van der Waals surface area contributed by atoms with Gasteiger partial charge in [-0.15, -0.1) is 0 Å². The Morgan fingerprint density at radius 2 is 2.47 bits per heavy atom. The first kappa shape index (κ1) is 10.6. The molecular weight excluding hydrogens is 216 g/mol. The highest BCUT2D eigenvalue weighted by Gasteiger charge is 2.26. The average Bonchev–Trinajstić information content (AvgIpc) is 2.64. The summed E-state index contributed by atoms with van der Waals surface area (Å²) in [7, 11) is 0. The Morgan fingerprint density at radius 1 is 1.67 bits per heavy atom. The van der Waals surface area contributed by atoms with Gasteiger partial charge in [0, 0.05) is 24.6 Å². The van der Waals surface area contributed by atoms with Gasteiger partial charge >= 0.3 is 0 Å². The van der Waals surface area contributed by atoms with Gasteiger partial charge in [0.1, 0.15) is 0 Å². The average molecular weight is 230 g/mol. The van der Waals surface area contributed by atoms with Crippen molar-refractivity contribution in [3.05, 3.63) is 0 Å². The fourth-order valence-electron chi connectivity index (χ4n) is 1.66. The lowest BCUT2D eigenvalue weighted by atomic mass is 10.2. The minimum atomic E-state index is -0.154. The summed E-state index contributed by atoms with van der Waals surface area (Å²) in [6, 6.07) is 0. The molecule has 84 valence electrons. The molecule has 2 unspecified atom stereocenters. The summed E-state index contributed by atoms with van der Waals surface area (Å²) in [5.41, 5.74) is 5.47. The van der Waals surface area contributed by atoms with E-state index in [2.05, 4.69) is 9.36 Å². The van der Waals surface area contributed by atoms with Crippen molar-refractivity contribution in [3.8, 4) is 0 Å². The zero-order valence-corrected chi connectivity index (χ0v) is 9.28. The number of aromatic nitrogens is 2. The number of aliphatic hydroxyl groups is 1. The molecule has 15 heavy (non-hydrogen) atoms. The lowest BCUT2D eigenvalue weighted by Crippen LogP contribution is -2.48. The second kappa shape index (κ2) is 4.30. The first-order valence-electron chi connectivity index (χ1n) is 4.79. The van der Waals surface area contributed by atoms with Gasteiger partial charge in [0.15, 0.2) is 0 Å². The van der Waals surface area contributed by atoms with Gasteiger partial charge in [-0.2, -0.15) is 9.36 Å². The first-order chi connectivity index (χ1) is 7.19. The third-order valence-electron chi connectivity index (χ3n) is 2.23. The molecule has 6 nitrogen and oxygen atoms in total. The highest BCUT2D eigenvalue weighted by atomic mass is 32.1. The van der Waals surface area contributed by atoms with E-state index in [9.17, 15) is 0 Å². The summed E-state index contributed by atoms with van der Waals surface area (Å²) >= 11 is 1.27. The Balaban J connectivity index is 2.08. The number of hydrogen-bond donors (Lipinski definition) is 2. The Hall–Kier alpha value is -0.920. The van der Waals surface area contributed by atoms with Crippen LogP contribution in [0, 0.1) is 0 Å². The third-order valence-corrected chi connectivity index (χ3v) is 3.02. The van der Waals surface area contributed by atoms with Gasteiger partial charge in [-0.1, -0.05) is 0 Å². The van der Waals surface area contributed by atoms with Gasteiger partial charge < -0.3 is 20.5 Å². The van der Waals surface area contributed by atoms with Crippen molar-refractivity contribution in [1.29, 1.82) is 0 Å². The largest absolute Gasteiger partial charge is 0.394 e. The number of anilines is 2. The van der Waals surface area contributed by atoms with Crippen LogP contribution in [0.25, 0.3) is 0 Å². The number of hydrogen-bond acceptors (Lipinski definition) is 7. The van der Waals surface area contributed by atoms with Crippen LogP contribution in [-0.2, 0) is 4.74 Å². The molecule has 2 rings (SSSR count). The number of ether oxygens (including phenoxy) is 1. The van der Waals surface area contributed by atoms with Crippen LogP contribution in [-0.4, -0.2) is 46.4 Å². The molecule has 0 saturated carbocycles. The number of nitrogens with zero attached hydrogens (tertiary/aromatic N) is 3. The van der Waals surface area contributed by atoms with Crippen molar-refractivity contribution in [3.63, 3.8) is 0 Å². The molecule has 3 N–H and O–H groups in total. The molecule has 1 saturated heterocycles. The fourth-order valence-corrected chi connectivity index (χ4v) is 2.27. The molecule has 0 amide bonds. The van der Waals surface area contributed by atoms with Crippen molar-refractivity contribution in [2.45, 2.75) is 19.1 Å². The molecule has 1 fully saturated rings. The van der Waals surface area contributed by atoms with E-state index in [4.69, 9.17) is 15.6 Å². The fraction of sp³-hybridized carbons (Fsp3) is 0.750. The predicted octanol–water partition coefficient (Wildman–Crippen LogP) is -0.294. The van der Waals surface area contributed by atoms with Crippen LogP contribution in [0.15, 0.2) is 0 Å². The number of nitrogens with two attached hydrogens (primary N) is 1. The smallest absolute Gasteiger partial charge is 0.233 e. The van der Waals surface area contributed by atoms with Crippen molar-refractivity contribution in [2.75, 3.05) is 30.3 Å². The Kier molecular flexibility index (Phi) is 3.03. The van der Waals surface area contributed by atoms with E-state index in [0.29, 0.717) is 12.5 Å². The molecule has 0 spiro atoms. The standard InChI is InChI=1S/C8H14N4O2S/c1-5-2-12(3-6(4-13)14-5)8-10-7(9)11-15-8/h5-6,13H,2-4H2,1H3,(H2,9,11). The van der Waals surface area contributed by atoms with Gasteiger partial charge in [-0.05, 0) is 6.92 Å². The molecule has 0 radical (unpaired) electrons. The number of aliphatic hydroxyl groups excluding tert-OH is 1. The van der Waals surface area contributed by atoms with Gasteiger partial charge in [0.2, 0.25) is 11.1 Å². The third kappa shape index (κ3) is 2.36. The second-order valence-electron chi connectivity index (χ2n) is 3.59. The summed E-state index contributed by atoms with van der Waals surface area (Å²) in [6.45, 7) is 3.38. The normalized spacial score (nSPS) is 26.9. The summed E-state index contributed by atoms with van der Waals surface area (Å²) < 4.78 is 9.46. The Morgan fingerprint density at radius 3 is 3.07 bits per heavy atom. The molecule has 0 aromatic carbocycles. The van der Waals surface area contributed by atoms with E-state index < -0.39 is 0 Å². The SMILES string of the molecule is CC1CN(c2nc(N)ns2)CC(CO)O1. The Bertz CT molecular complexity index is 332. The number of morpholine rings is 1. The van der Waals surface area contributed by atoms with Crippen LogP contribution < -0.4 is 10.6 Å². The molecule has 1 aliphatic rings. The van der Waals surface area contributed by atoms with Gasteiger partial charge in [-0.3, -0.25) is 0 Å². The maximum atomic E-state index is 9.07. The molecule has 0 aliphatic carbocycles. The van der Waals surface area contributed by atoms with E-state index in [0.717, 1.165) is 11.7 Å². The molecule has 2 heterocycles. The maximum absolute atomic E-state index is 9.07. The Labute approximate surface area is 91.8 Å². The van der Waals surface area contributed by atoms with Crippen LogP contribution >= 0.6 is 11.5 Å². The maximum Gasteiger partial charge on any atom is 0.233 e. The zero-order valence-electron chi connectivity index (χ0n) is 8.46. The first-order valence-corrected chi connectivity index (χ1v) is 5.57. The minimum absolute atomic E-state index is 0.0229. The van der Waals surface area contributed by atoms with Crippen molar-refractivity contribution >= 4 is 22.6 Å². The van der Waals surface area contributed by atoms with Crippen LogP contribution in [0.1, 0.15) is 6.92 Å². The number of rotatable bonds is 2. The van der Waals surface area contributed by atoms with Crippen LogP contribution in [0.3, 0.4) is 0 Å². The monoisotopic (exact) mass is 230 g/mol. The quantitative estimate of drug-likeness (QED) is 0.726. The van der Waals surface area contributed by atoms with Crippen LogP contribution in [0.4, 0.5) is 11.1 Å². The molecule has 1 aromatic heterocycles. The highest BCUT2D eigenvalue weighted by Crippen LogP contribution is 2.22. The predicted molar refractivity (Wildman–Crippen MR) is 58.0 cm³/mol. The molecular formula is C8H14N4O2S. The molecule has 1 aliphatic heterocycles. The minimum Gasteiger partial charge on any atom is -0.394 e. The molecule has 1 aromatic rings. The van der Waals surface area contributed by atoms with Crippen molar-refractivity contribution < 1.29 is 9.84 Å². The summed E-state index contributed by atoms with van der Waals surface area (Å²) in [5, 5.41) is 9.86. The van der Waals surface area contributed by atoms with Gasteiger partial charge in [-0.25, -0.2) is 0 Å². The van der Waals surface area contributed by atoms with Crippen molar-refractivity contribution in [2.24, 2.45) is 0 Å². The zero-order chi connectivity index (χ0) is 10.8. The summed E-state index contributed by atoms with van der Waals surface area (Å²) in [6.07, 6.45) is -0.0695. The molecule has 2 atom stereocenters. The van der Waals surface area contributed by atoms with E-state index in [1.165, 1.54) is 11.5 Å². The second-order valence-corrected chi connectivity index (χ2v) is 4.32. The summed E-state index contributed by atoms with van der Waals surface area (Å²) in [4.78, 5) is 6.16. The number of nitrogen functional groups attached to an aromatic ring is 1. The van der Waals surface area contributed by atoms with E-state index in [1.54, 1.807) is 0 Å².